The molecule has 33 heavy (non-hydrogen) atoms. The summed E-state index contributed by atoms with van der Waals surface area (Å²) in [4.78, 5) is 27.7. The van der Waals surface area contributed by atoms with Crippen molar-refractivity contribution in [2.24, 2.45) is 0 Å². The molecule has 0 bridgehead atoms. The number of sulfonamides is 1. The summed E-state index contributed by atoms with van der Waals surface area (Å²) >= 11 is 0. The fraction of sp³-hybridized carbons (Fsp3) is 0.200. The number of carbonyl (C=O) groups excluding carboxylic acids is 2. The zero-order chi connectivity index (χ0) is 23.3. The van der Waals surface area contributed by atoms with Gasteiger partial charge in [-0.3, -0.25) is 9.59 Å². The van der Waals surface area contributed by atoms with Gasteiger partial charge in [-0.1, -0.05) is 66.7 Å². The maximum Gasteiger partial charge on any atom is 0.251 e. The topological polar surface area (TPSA) is 95.6 Å². The lowest BCUT2D eigenvalue weighted by Gasteiger charge is -2.37. The molecule has 1 fully saturated rings. The second-order valence-electron chi connectivity index (χ2n) is 7.96. The van der Waals surface area contributed by atoms with E-state index in [0.717, 1.165) is 5.56 Å². The Bertz CT molecular complexity index is 1200. The van der Waals surface area contributed by atoms with Crippen molar-refractivity contribution in [3.05, 3.63) is 102 Å². The number of piperidine rings is 1. The summed E-state index contributed by atoms with van der Waals surface area (Å²) in [5, 5.41) is 2.79. The number of amides is 2. The molecule has 1 saturated heterocycles. The first-order chi connectivity index (χ1) is 15.9. The van der Waals surface area contributed by atoms with Gasteiger partial charge in [0.2, 0.25) is 15.9 Å². The minimum absolute atomic E-state index is 0.154. The van der Waals surface area contributed by atoms with Gasteiger partial charge in [0, 0.05) is 24.7 Å². The van der Waals surface area contributed by atoms with E-state index in [2.05, 4.69) is 10.0 Å². The molecular formula is C25H25N3O4S. The van der Waals surface area contributed by atoms with Crippen LogP contribution >= 0.6 is 0 Å². The van der Waals surface area contributed by atoms with Crippen molar-refractivity contribution in [1.29, 1.82) is 0 Å². The Morgan fingerprint density at radius 2 is 1.45 bits per heavy atom. The molecule has 0 aliphatic carbocycles. The lowest BCUT2D eigenvalue weighted by Crippen LogP contribution is -2.59. The largest absolute Gasteiger partial charge is 0.340 e. The summed E-state index contributed by atoms with van der Waals surface area (Å²) in [5.74, 6) is -0.613. The number of hydrogen-bond donors (Lipinski definition) is 2. The molecule has 1 aliphatic rings. The van der Waals surface area contributed by atoms with Crippen LogP contribution < -0.4 is 10.0 Å². The predicted molar refractivity (Wildman–Crippen MR) is 125 cm³/mol. The monoisotopic (exact) mass is 463 g/mol. The van der Waals surface area contributed by atoms with Gasteiger partial charge in [0.15, 0.2) is 0 Å². The molecule has 1 aliphatic heterocycles. The second-order valence-corrected chi connectivity index (χ2v) is 9.68. The van der Waals surface area contributed by atoms with Crippen molar-refractivity contribution >= 4 is 21.8 Å². The number of nitrogens with zero attached hydrogens (tertiary/aromatic N) is 1. The van der Waals surface area contributed by atoms with Gasteiger partial charge in [-0.05, 0) is 36.2 Å². The Morgan fingerprint density at radius 1 is 0.879 bits per heavy atom. The second kappa shape index (κ2) is 9.97. The van der Waals surface area contributed by atoms with Gasteiger partial charge in [0.25, 0.3) is 5.91 Å². The number of rotatable bonds is 7. The zero-order valence-corrected chi connectivity index (χ0v) is 18.7. The van der Waals surface area contributed by atoms with Gasteiger partial charge in [0.1, 0.15) is 6.04 Å². The first kappa shape index (κ1) is 22.7. The molecule has 2 unspecified atom stereocenters. The molecule has 2 atom stereocenters. The Balaban J connectivity index is 1.56. The van der Waals surface area contributed by atoms with Crippen LogP contribution in [0.1, 0.15) is 22.3 Å². The van der Waals surface area contributed by atoms with Crippen LogP contribution in [0.5, 0.6) is 0 Å². The van der Waals surface area contributed by atoms with Crippen molar-refractivity contribution < 1.29 is 18.0 Å². The van der Waals surface area contributed by atoms with E-state index in [-0.39, 0.29) is 29.7 Å². The van der Waals surface area contributed by atoms with Crippen molar-refractivity contribution in [2.75, 3.05) is 6.54 Å². The van der Waals surface area contributed by atoms with Crippen molar-refractivity contribution in [1.82, 2.24) is 14.9 Å². The van der Waals surface area contributed by atoms with E-state index < -0.39 is 22.1 Å². The van der Waals surface area contributed by atoms with Gasteiger partial charge in [-0.25, -0.2) is 13.1 Å². The number of carbonyl (C=O) groups is 2. The van der Waals surface area contributed by atoms with Crippen LogP contribution in [0.15, 0.2) is 95.9 Å². The Morgan fingerprint density at radius 3 is 2.09 bits per heavy atom. The van der Waals surface area contributed by atoms with Gasteiger partial charge >= 0.3 is 0 Å². The Kier molecular flexibility index (Phi) is 6.86. The molecule has 2 amide bonds. The third kappa shape index (κ3) is 5.66. The molecule has 0 saturated carbocycles. The lowest BCUT2D eigenvalue weighted by molar-refractivity contribution is -0.137. The summed E-state index contributed by atoms with van der Waals surface area (Å²) in [6.07, 6.45) is 0.161. The maximum absolute atomic E-state index is 13.2. The highest BCUT2D eigenvalue weighted by molar-refractivity contribution is 7.89. The third-order valence-electron chi connectivity index (χ3n) is 5.50. The van der Waals surface area contributed by atoms with Gasteiger partial charge in [-0.15, -0.1) is 0 Å². The summed E-state index contributed by atoms with van der Waals surface area (Å²) < 4.78 is 28.5. The fourth-order valence-corrected chi connectivity index (χ4v) is 5.17. The number of hydrogen-bond acceptors (Lipinski definition) is 4. The SMILES string of the molecule is O=C(NC1CC(NS(=O)(=O)c2ccccc2)CN(Cc2ccccc2)C1=O)c1ccccc1. The predicted octanol–water partition coefficient (Wildman–Crippen LogP) is 2.56. The average molecular weight is 464 g/mol. The van der Waals surface area contributed by atoms with Crippen molar-refractivity contribution in [3.8, 4) is 0 Å². The molecule has 8 heteroatoms. The van der Waals surface area contributed by atoms with Gasteiger partial charge < -0.3 is 10.2 Å². The van der Waals surface area contributed by atoms with E-state index in [1.165, 1.54) is 12.1 Å². The standard InChI is InChI=1S/C25H25N3O4S/c29-24(20-12-6-2-7-13-20)26-23-16-21(27-33(31,32)22-14-8-3-9-15-22)18-28(25(23)30)17-19-10-4-1-5-11-19/h1-15,21,23,27H,16-18H2,(H,26,29). The molecule has 4 rings (SSSR count). The number of nitrogens with one attached hydrogen (secondary N) is 2. The van der Waals surface area contributed by atoms with Crippen LogP contribution in [0.2, 0.25) is 0 Å². The summed E-state index contributed by atoms with van der Waals surface area (Å²) in [6.45, 7) is 0.526. The highest BCUT2D eigenvalue weighted by Gasteiger charge is 2.37. The van der Waals surface area contributed by atoms with Crippen LogP contribution in [0.4, 0.5) is 0 Å². The van der Waals surface area contributed by atoms with Crippen LogP contribution in [0.3, 0.4) is 0 Å². The van der Waals surface area contributed by atoms with Crippen molar-refractivity contribution in [2.45, 2.75) is 29.9 Å². The minimum atomic E-state index is -3.78. The summed E-state index contributed by atoms with van der Waals surface area (Å²) in [7, 11) is -3.78. The molecular weight excluding hydrogens is 438 g/mol. The summed E-state index contributed by atoms with van der Waals surface area (Å²) in [6, 6.07) is 24.8. The molecule has 7 nitrogen and oxygen atoms in total. The average Bonchev–Trinajstić information content (AvgIpc) is 2.83. The van der Waals surface area contributed by atoms with Crippen LogP contribution in [-0.4, -0.2) is 43.8 Å². The van der Waals surface area contributed by atoms with E-state index >= 15 is 0 Å². The van der Waals surface area contributed by atoms with E-state index in [4.69, 9.17) is 0 Å². The Labute approximate surface area is 193 Å². The van der Waals surface area contributed by atoms with Crippen molar-refractivity contribution in [3.63, 3.8) is 0 Å². The summed E-state index contributed by atoms with van der Waals surface area (Å²) in [5.41, 5.74) is 1.36. The molecule has 0 aromatic heterocycles. The maximum atomic E-state index is 13.2. The fourth-order valence-electron chi connectivity index (χ4n) is 3.91. The molecule has 1 heterocycles. The minimum Gasteiger partial charge on any atom is -0.340 e. The molecule has 3 aromatic carbocycles. The first-order valence-electron chi connectivity index (χ1n) is 10.7. The number of likely N-dealkylation sites (tertiary alicyclic amines) is 1. The first-order valence-corrected chi connectivity index (χ1v) is 12.2. The highest BCUT2D eigenvalue weighted by atomic mass is 32.2. The van der Waals surface area contributed by atoms with Gasteiger partial charge in [0.05, 0.1) is 4.90 Å². The smallest absolute Gasteiger partial charge is 0.251 e. The Hall–Kier alpha value is -3.49. The van der Waals surface area contributed by atoms with Crippen LogP contribution in [0.25, 0.3) is 0 Å². The molecule has 2 N–H and O–H groups in total. The molecule has 0 radical (unpaired) electrons. The van der Waals surface area contributed by atoms with Gasteiger partial charge in [-0.2, -0.15) is 0 Å². The number of benzene rings is 3. The molecule has 170 valence electrons. The third-order valence-corrected chi connectivity index (χ3v) is 7.04. The highest BCUT2D eigenvalue weighted by Crippen LogP contribution is 2.19. The van der Waals surface area contributed by atoms with E-state index in [0.29, 0.717) is 12.1 Å². The van der Waals surface area contributed by atoms with Crippen LogP contribution in [0, 0.1) is 0 Å². The molecule has 3 aromatic rings. The van der Waals surface area contributed by atoms with Crippen LogP contribution in [-0.2, 0) is 21.4 Å². The normalized spacial score (nSPS) is 18.7. The van der Waals surface area contributed by atoms with E-state index in [1.54, 1.807) is 53.4 Å². The lowest BCUT2D eigenvalue weighted by atomic mass is 9.99. The quantitative estimate of drug-likeness (QED) is 0.563. The zero-order valence-electron chi connectivity index (χ0n) is 17.9. The van der Waals surface area contributed by atoms with E-state index in [9.17, 15) is 18.0 Å². The molecule has 0 spiro atoms. The van der Waals surface area contributed by atoms with E-state index in [1.807, 2.05) is 30.3 Å².